The van der Waals surface area contributed by atoms with Crippen LogP contribution >= 0.6 is 0 Å². The number of allylic oxidation sites excluding steroid dienone is 2. The van der Waals surface area contributed by atoms with Crippen LogP contribution in [0.25, 0.3) is 11.5 Å². The summed E-state index contributed by atoms with van der Waals surface area (Å²) in [7, 11) is 0. The summed E-state index contributed by atoms with van der Waals surface area (Å²) in [4.78, 5) is 17.8. The van der Waals surface area contributed by atoms with Crippen LogP contribution < -0.4 is 16.4 Å². The van der Waals surface area contributed by atoms with Gasteiger partial charge in [0.1, 0.15) is 11.9 Å². The topological polar surface area (TPSA) is 152 Å². The maximum atomic E-state index is 13.9. The highest BCUT2D eigenvalue weighted by Gasteiger charge is 2.41. The van der Waals surface area contributed by atoms with Crippen molar-refractivity contribution in [3.8, 4) is 11.8 Å². The van der Waals surface area contributed by atoms with Gasteiger partial charge in [-0.15, -0.1) is 4.80 Å². The highest BCUT2D eigenvalue weighted by atomic mass is 19.4. The number of dihydropyridines is 1. The number of alkyl halides is 3. The van der Waals surface area contributed by atoms with Gasteiger partial charge in [-0.2, -0.15) is 33.7 Å². The zero-order chi connectivity index (χ0) is 23.8. The minimum Gasteiger partial charge on any atom is -0.384 e. The molecule has 14 heteroatoms. The summed E-state index contributed by atoms with van der Waals surface area (Å²) in [6.45, 7) is 1.56. The van der Waals surface area contributed by atoms with Crippen LogP contribution in [0.3, 0.4) is 0 Å². The molecule has 11 nitrogen and oxygen atoms in total. The number of carbonyl (C=O) groups is 1. The Morgan fingerprint density at radius 3 is 2.67 bits per heavy atom. The number of hydrogen-bond donors (Lipinski definition) is 3. The Bertz CT molecular complexity index is 1330. The first-order valence-electron chi connectivity index (χ1n) is 9.33. The maximum Gasteiger partial charge on any atom is 0.434 e. The Labute approximate surface area is 184 Å². The number of aryl methyl sites for hydroxylation is 1. The molecule has 3 aromatic rings. The molecule has 1 amide bonds. The van der Waals surface area contributed by atoms with Gasteiger partial charge in [-0.1, -0.05) is 0 Å². The molecule has 0 saturated carbocycles. The van der Waals surface area contributed by atoms with E-state index in [1.54, 1.807) is 6.92 Å². The van der Waals surface area contributed by atoms with Gasteiger partial charge in [-0.3, -0.25) is 4.79 Å². The normalized spacial score (nSPS) is 13.8. The van der Waals surface area contributed by atoms with Crippen LogP contribution in [-0.4, -0.2) is 42.2 Å². The van der Waals surface area contributed by atoms with Gasteiger partial charge in [0.2, 0.25) is 0 Å². The van der Waals surface area contributed by atoms with E-state index >= 15 is 0 Å². The molecule has 33 heavy (non-hydrogen) atoms. The van der Waals surface area contributed by atoms with Gasteiger partial charge < -0.3 is 16.4 Å². The number of nitrogens with zero attached hydrogens (tertiary/aromatic N) is 7. The zero-order valence-corrected chi connectivity index (χ0v) is 16.9. The molecular formula is C19H15F3N10O. The van der Waals surface area contributed by atoms with Crippen LogP contribution in [0.15, 0.2) is 48.2 Å². The van der Waals surface area contributed by atoms with Gasteiger partial charge in [-0.05, 0) is 18.6 Å². The third kappa shape index (κ3) is 4.11. The van der Waals surface area contributed by atoms with Crippen molar-refractivity contribution in [3.63, 3.8) is 0 Å². The van der Waals surface area contributed by atoms with Crippen molar-refractivity contribution in [3.05, 3.63) is 65.0 Å². The molecule has 0 aromatic carbocycles. The number of nitrogen functional groups attached to an aromatic ring is 1. The van der Waals surface area contributed by atoms with Gasteiger partial charge in [0, 0.05) is 18.0 Å². The van der Waals surface area contributed by atoms with Crippen molar-refractivity contribution in [1.82, 2.24) is 40.4 Å². The summed E-state index contributed by atoms with van der Waals surface area (Å²) in [5.74, 6) is -0.767. The SMILES string of the molecule is Cc1cnc(N)cc1-n1ncc(C(=O)NC2=CC(C#N)=C(n3nccn3)NC2)c1C(F)(F)F. The number of halogens is 3. The number of hydrogen-bond acceptors (Lipinski definition) is 8. The van der Waals surface area contributed by atoms with E-state index < -0.39 is 23.3 Å². The van der Waals surface area contributed by atoms with Crippen molar-refractivity contribution in [2.75, 3.05) is 12.3 Å². The third-order valence-electron chi connectivity index (χ3n) is 4.64. The van der Waals surface area contributed by atoms with Gasteiger partial charge >= 0.3 is 6.18 Å². The lowest BCUT2D eigenvalue weighted by Gasteiger charge is -2.19. The number of aromatic nitrogens is 6. The van der Waals surface area contributed by atoms with E-state index in [0.717, 1.165) is 6.20 Å². The molecule has 1 aliphatic rings. The first kappa shape index (κ1) is 21.6. The standard InChI is InChI=1S/C19H15F3N10O/c1-10-7-25-15(24)5-14(10)31-16(19(20,21)22)13(9-29-31)18(33)30-12-4-11(6-23)17(26-8-12)32-27-2-3-28-32/h2-5,7,9,26H,8H2,1H3,(H2,24,25)(H,30,33). The molecule has 4 rings (SSSR count). The van der Waals surface area contributed by atoms with Crippen LogP contribution in [-0.2, 0) is 6.18 Å². The molecule has 0 saturated heterocycles. The number of carbonyl (C=O) groups excluding carboxylic acids is 1. The molecule has 0 atom stereocenters. The fourth-order valence-corrected chi connectivity index (χ4v) is 3.18. The average molecular weight is 456 g/mol. The largest absolute Gasteiger partial charge is 0.434 e. The molecule has 0 fully saturated rings. The van der Waals surface area contributed by atoms with E-state index in [-0.39, 0.29) is 35.1 Å². The number of anilines is 1. The van der Waals surface area contributed by atoms with E-state index in [0.29, 0.717) is 10.2 Å². The molecule has 0 spiro atoms. The molecule has 4 N–H and O–H groups in total. The minimum atomic E-state index is -4.90. The summed E-state index contributed by atoms with van der Waals surface area (Å²) in [6, 6.07) is 3.17. The Balaban J connectivity index is 1.69. The van der Waals surface area contributed by atoms with E-state index in [1.165, 1.54) is 35.5 Å². The molecule has 4 heterocycles. The summed E-state index contributed by atoms with van der Waals surface area (Å²) in [5.41, 5.74) is 4.34. The molecule has 0 bridgehead atoms. The van der Waals surface area contributed by atoms with Crippen molar-refractivity contribution in [2.24, 2.45) is 0 Å². The highest BCUT2D eigenvalue weighted by molar-refractivity contribution is 5.96. The number of pyridine rings is 1. The van der Waals surface area contributed by atoms with Crippen LogP contribution in [0, 0.1) is 18.3 Å². The molecule has 0 aliphatic carbocycles. The van der Waals surface area contributed by atoms with Crippen molar-refractivity contribution >= 4 is 17.5 Å². The fraction of sp³-hybridized carbons (Fsp3) is 0.158. The lowest BCUT2D eigenvalue weighted by molar-refractivity contribution is -0.143. The fourth-order valence-electron chi connectivity index (χ4n) is 3.18. The molecule has 168 valence electrons. The average Bonchev–Trinajstić information content (AvgIpc) is 3.45. The minimum absolute atomic E-state index is 0.00181. The number of nitriles is 1. The van der Waals surface area contributed by atoms with Crippen LogP contribution in [0.2, 0.25) is 0 Å². The summed E-state index contributed by atoms with van der Waals surface area (Å²) >= 11 is 0. The molecule has 0 radical (unpaired) electrons. The highest BCUT2D eigenvalue weighted by Crippen LogP contribution is 2.34. The van der Waals surface area contributed by atoms with E-state index in [1.807, 2.05) is 6.07 Å². The third-order valence-corrected chi connectivity index (χ3v) is 4.64. The van der Waals surface area contributed by atoms with Gasteiger partial charge in [0.05, 0.1) is 42.0 Å². The van der Waals surface area contributed by atoms with Crippen molar-refractivity contribution in [1.29, 1.82) is 5.26 Å². The number of rotatable bonds is 4. The van der Waals surface area contributed by atoms with Crippen molar-refractivity contribution < 1.29 is 18.0 Å². The zero-order valence-electron chi connectivity index (χ0n) is 16.9. The number of amides is 1. The smallest absolute Gasteiger partial charge is 0.384 e. The maximum absolute atomic E-state index is 13.9. The van der Waals surface area contributed by atoms with Gasteiger partial charge in [0.15, 0.2) is 11.5 Å². The van der Waals surface area contributed by atoms with Crippen LogP contribution in [0.4, 0.5) is 19.0 Å². The monoisotopic (exact) mass is 456 g/mol. The first-order chi connectivity index (χ1) is 15.7. The molecule has 3 aromatic heterocycles. The molecule has 0 unspecified atom stereocenters. The lowest BCUT2D eigenvalue weighted by atomic mass is 10.1. The number of nitrogens with one attached hydrogen (secondary N) is 2. The second-order valence-corrected chi connectivity index (χ2v) is 6.88. The summed E-state index contributed by atoms with van der Waals surface area (Å²) in [5, 5.41) is 26.3. The quantitative estimate of drug-likeness (QED) is 0.532. The van der Waals surface area contributed by atoms with Gasteiger partial charge in [0.25, 0.3) is 5.91 Å². The Hall–Kier alpha value is -4.67. The summed E-state index contributed by atoms with van der Waals surface area (Å²) in [6.07, 6.45) is 1.40. The van der Waals surface area contributed by atoms with E-state index in [9.17, 15) is 23.2 Å². The Kier molecular flexibility index (Phi) is 5.30. The van der Waals surface area contributed by atoms with Gasteiger partial charge in [-0.25, -0.2) is 9.67 Å². The van der Waals surface area contributed by atoms with Crippen LogP contribution in [0.1, 0.15) is 21.6 Å². The number of nitrogens with two attached hydrogens (primary N) is 1. The van der Waals surface area contributed by atoms with Crippen molar-refractivity contribution in [2.45, 2.75) is 13.1 Å². The summed E-state index contributed by atoms with van der Waals surface area (Å²) < 4.78 is 42.4. The van der Waals surface area contributed by atoms with E-state index in [2.05, 4.69) is 30.9 Å². The Morgan fingerprint density at radius 2 is 2.00 bits per heavy atom. The predicted octanol–water partition coefficient (Wildman–Crippen LogP) is 1.38. The predicted molar refractivity (Wildman–Crippen MR) is 108 cm³/mol. The molecule has 1 aliphatic heterocycles. The lowest BCUT2D eigenvalue weighted by Crippen LogP contribution is -2.34. The van der Waals surface area contributed by atoms with E-state index in [4.69, 9.17) is 5.73 Å². The van der Waals surface area contributed by atoms with Crippen LogP contribution in [0.5, 0.6) is 0 Å². The Morgan fingerprint density at radius 1 is 1.27 bits per heavy atom. The second-order valence-electron chi connectivity index (χ2n) is 6.88. The molecular weight excluding hydrogens is 441 g/mol. The second kappa shape index (κ2) is 8.11. The first-order valence-corrected chi connectivity index (χ1v) is 9.33.